The van der Waals surface area contributed by atoms with Crippen LogP contribution in [-0.4, -0.2) is 24.9 Å². The van der Waals surface area contributed by atoms with Crippen LogP contribution in [0.4, 0.5) is 0 Å². The first-order valence-corrected chi connectivity index (χ1v) is 9.87. The van der Waals surface area contributed by atoms with Gasteiger partial charge in [-0.1, -0.05) is 78.9 Å². The van der Waals surface area contributed by atoms with E-state index in [0.29, 0.717) is 18.7 Å². The third kappa shape index (κ3) is 4.41. The maximum Gasteiger partial charge on any atom is 0.287 e. The molecule has 0 unspecified atom stereocenters. The molecule has 0 spiro atoms. The second-order valence-corrected chi connectivity index (χ2v) is 6.95. The second kappa shape index (κ2) is 9.09. The Morgan fingerprint density at radius 1 is 0.733 bits per heavy atom. The standard InChI is InChI=1S/C25H22N2O3/c28-24(22-17-20-13-7-8-14-21(20)30-22)26-15-16-27-25(29)23(18-9-3-1-4-10-18)19-11-5-2-6-12-19/h1-14,17,23H,15-16H2,(H,26,28)(H,27,29). The van der Waals surface area contributed by atoms with Crippen molar-refractivity contribution in [1.29, 1.82) is 0 Å². The van der Waals surface area contributed by atoms with Crippen molar-refractivity contribution in [2.45, 2.75) is 5.92 Å². The van der Waals surface area contributed by atoms with Gasteiger partial charge >= 0.3 is 0 Å². The molecule has 0 aliphatic rings. The van der Waals surface area contributed by atoms with Gasteiger partial charge in [-0.15, -0.1) is 0 Å². The summed E-state index contributed by atoms with van der Waals surface area (Å²) < 4.78 is 5.56. The zero-order valence-corrected chi connectivity index (χ0v) is 16.4. The Bertz CT molecular complexity index is 1060. The Morgan fingerprint density at radius 2 is 1.30 bits per heavy atom. The second-order valence-electron chi connectivity index (χ2n) is 6.95. The number of amides is 2. The van der Waals surface area contributed by atoms with Gasteiger partial charge in [-0.2, -0.15) is 0 Å². The summed E-state index contributed by atoms with van der Waals surface area (Å²) in [6.07, 6.45) is 0. The molecule has 0 fully saturated rings. The van der Waals surface area contributed by atoms with Crippen LogP contribution in [0.5, 0.6) is 0 Å². The fourth-order valence-corrected chi connectivity index (χ4v) is 3.43. The molecule has 30 heavy (non-hydrogen) atoms. The molecule has 0 saturated carbocycles. The van der Waals surface area contributed by atoms with Gasteiger partial charge in [0.2, 0.25) is 5.91 Å². The molecule has 0 saturated heterocycles. The van der Waals surface area contributed by atoms with Crippen LogP contribution in [-0.2, 0) is 4.79 Å². The fourth-order valence-electron chi connectivity index (χ4n) is 3.43. The summed E-state index contributed by atoms with van der Waals surface area (Å²) in [6.45, 7) is 0.624. The molecule has 0 bridgehead atoms. The molecule has 0 atom stereocenters. The zero-order chi connectivity index (χ0) is 20.8. The fraction of sp³-hybridized carbons (Fsp3) is 0.120. The van der Waals surface area contributed by atoms with Crippen molar-refractivity contribution in [3.8, 4) is 0 Å². The number of nitrogens with one attached hydrogen (secondary N) is 2. The summed E-state index contributed by atoms with van der Waals surface area (Å²) in [5.74, 6) is -0.555. The van der Waals surface area contributed by atoms with E-state index in [-0.39, 0.29) is 17.6 Å². The Morgan fingerprint density at radius 3 is 1.93 bits per heavy atom. The third-order valence-corrected chi connectivity index (χ3v) is 4.89. The van der Waals surface area contributed by atoms with E-state index in [0.717, 1.165) is 16.5 Å². The smallest absolute Gasteiger partial charge is 0.287 e. The molecule has 5 nitrogen and oxygen atoms in total. The molecule has 1 aromatic heterocycles. The van der Waals surface area contributed by atoms with E-state index in [1.54, 1.807) is 6.07 Å². The molecule has 1 heterocycles. The highest BCUT2D eigenvalue weighted by molar-refractivity contribution is 5.96. The molecule has 5 heteroatoms. The van der Waals surface area contributed by atoms with Crippen molar-refractivity contribution in [2.24, 2.45) is 0 Å². The number of hydrogen-bond acceptors (Lipinski definition) is 3. The summed E-state index contributed by atoms with van der Waals surface area (Å²) in [4.78, 5) is 25.3. The summed E-state index contributed by atoms with van der Waals surface area (Å²) in [5, 5.41) is 6.59. The average Bonchev–Trinajstić information content (AvgIpc) is 3.23. The van der Waals surface area contributed by atoms with Crippen LogP contribution < -0.4 is 10.6 Å². The molecule has 2 N–H and O–H groups in total. The molecular formula is C25H22N2O3. The lowest BCUT2D eigenvalue weighted by atomic mass is 9.90. The highest BCUT2D eigenvalue weighted by atomic mass is 16.3. The molecule has 0 aliphatic carbocycles. The Balaban J connectivity index is 1.36. The van der Waals surface area contributed by atoms with Crippen molar-refractivity contribution in [1.82, 2.24) is 10.6 Å². The number of rotatable bonds is 7. The van der Waals surface area contributed by atoms with Gasteiger partial charge in [-0.25, -0.2) is 0 Å². The maximum atomic E-state index is 12.9. The van der Waals surface area contributed by atoms with Gasteiger partial charge in [-0.3, -0.25) is 9.59 Å². The average molecular weight is 398 g/mol. The van der Waals surface area contributed by atoms with E-state index in [9.17, 15) is 9.59 Å². The minimum atomic E-state index is -0.404. The highest BCUT2D eigenvalue weighted by Gasteiger charge is 2.22. The van der Waals surface area contributed by atoms with Crippen LogP contribution >= 0.6 is 0 Å². The summed E-state index contributed by atoms with van der Waals surface area (Å²) >= 11 is 0. The number of carbonyl (C=O) groups excluding carboxylic acids is 2. The Labute approximate surface area is 174 Å². The van der Waals surface area contributed by atoms with Crippen LogP contribution in [0.3, 0.4) is 0 Å². The lowest BCUT2D eigenvalue weighted by Crippen LogP contribution is -2.37. The minimum absolute atomic E-state index is 0.106. The normalized spacial score (nSPS) is 10.8. The molecule has 4 aromatic rings. The lowest BCUT2D eigenvalue weighted by molar-refractivity contribution is -0.121. The molecule has 150 valence electrons. The van der Waals surface area contributed by atoms with E-state index in [1.807, 2.05) is 84.9 Å². The molecule has 3 aromatic carbocycles. The summed E-state index contributed by atoms with van der Waals surface area (Å²) in [6, 6.07) is 28.5. The van der Waals surface area contributed by atoms with Crippen molar-refractivity contribution < 1.29 is 14.0 Å². The molecular weight excluding hydrogens is 376 g/mol. The molecule has 4 rings (SSSR count). The van der Waals surface area contributed by atoms with Gasteiger partial charge < -0.3 is 15.1 Å². The van der Waals surface area contributed by atoms with Crippen molar-refractivity contribution in [3.05, 3.63) is 108 Å². The first-order chi connectivity index (χ1) is 14.7. The van der Waals surface area contributed by atoms with Gasteiger partial charge in [-0.05, 0) is 23.3 Å². The van der Waals surface area contributed by atoms with E-state index in [2.05, 4.69) is 10.6 Å². The van der Waals surface area contributed by atoms with Crippen LogP contribution in [0, 0.1) is 0 Å². The van der Waals surface area contributed by atoms with Crippen LogP contribution in [0.15, 0.2) is 95.4 Å². The topological polar surface area (TPSA) is 71.3 Å². The maximum absolute atomic E-state index is 12.9. The van der Waals surface area contributed by atoms with Crippen molar-refractivity contribution in [3.63, 3.8) is 0 Å². The van der Waals surface area contributed by atoms with Crippen LogP contribution in [0.1, 0.15) is 27.6 Å². The van der Waals surface area contributed by atoms with E-state index >= 15 is 0 Å². The van der Waals surface area contributed by atoms with Crippen LogP contribution in [0.25, 0.3) is 11.0 Å². The van der Waals surface area contributed by atoms with E-state index < -0.39 is 5.92 Å². The van der Waals surface area contributed by atoms with E-state index in [1.165, 1.54) is 0 Å². The van der Waals surface area contributed by atoms with Crippen molar-refractivity contribution in [2.75, 3.05) is 13.1 Å². The van der Waals surface area contributed by atoms with Gasteiger partial charge in [0, 0.05) is 18.5 Å². The zero-order valence-electron chi connectivity index (χ0n) is 16.4. The van der Waals surface area contributed by atoms with Gasteiger partial charge in [0.25, 0.3) is 5.91 Å². The van der Waals surface area contributed by atoms with Crippen molar-refractivity contribution >= 4 is 22.8 Å². The molecule has 0 aliphatic heterocycles. The first kappa shape index (κ1) is 19.5. The Hall–Kier alpha value is -3.86. The monoisotopic (exact) mass is 398 g/mol. The number of hydrogen-bond donors (Lipinski definition) is 2. The van der Waals surface area contributed by atoms with Crippen LogP contribution in [0.2, 0.25) is 0 Å². The van der Waals surface area contributed by atoms with E-state index in [4.69, 9.17) is 4.42 Å². The molecule has 0 radical (unpaired) electrons. The SMILES string of the molecule is O=C(NCCNC(=O)C(c1ccccc1)c1ccccc1)c1cc2ccccc2o1. The molecule has 2 amide bonds. The lowest BCUT2D eigenvalue weighted by Gasteiger charge is -2.18. The van der Waals surface area contributed by atoms with Gasteiger partial charge in [0.15, 0.2) is 5.76 Å². The summed E-state index contributed by atoms with van der Waals surface area (Å²) in [7, 11) is 0. The highest BCUT2D eigenvalue weighted by Crippen LogP contribution is 2.24. The van der Waals surface area contributed by atoms with Gasteiger partial charge in [0.05, 0.1) is 5.92 Å². The summed E-state index contributed by atoms with van der Waals surface area (Å²) in [5.41, 5.74) is 2.52. The third-order valence-electron chi connectivity index (χ3n) is 4.89. The number of fused-ring (bicyclic) bond motifs is 1. The number of furan rings is 1. The minimum Gasteiger partial charge on any atom is -0.451 e. The first-order valence-electron chi connectivity index (χ1n) is 9.87. The quantitative estimate of drug-likeness (QED) is 0.460. The predicted molar refractivity (Wildman–Crippen MR) is 116 cm³/mol. The van der Waals surface area contributed by atoms with Gasteiger partial charge in [0.1, 0.15) is 5.58 Å². The largest absolute Gasteiger partial charge is 0.451 e. The number of para-hydroxylation sites is 1. The number of carbonyl (C=O) groups is 2. The number of benzene rings is 3. The Kier molecular flexibility index (Phi) is 5.90. The predicted octanol–water partition coefficient (Wildman–Crippen LogP) is 4.11.